The number of hydrogen-bond donors (Lipinski definition) is 2. The van der Waals surface area contributed by atoms with Gasteiger partial charge in [0, 0.05) is 12.3 Å². The Balaban J connectivity index is 2.24. The molecule has 1 aromatic carbocycles. The van der Waals surface area contributed by atoms with Crippen molar-refractivity contribution in [1.29, 1.82) is 0 Å². The van der Waals surface area contributed by atoms with Crippen molar-refractivity contribution >= 4 is 11.9 Å². The van der Waals surface area contributed by atoms with Crippen LogP contribution in [-0.4, -0.2) is 28.2 Å². The zero-order chi connectivity index (χ0) is 13.7. The van der Waals surface area contributed by atoms with Gasteiger partial charge in [0.25, 0.3) is 0 Å². The molecule has 2 rings (SSSR count). The smallest absolute Gasteiger partial charge is 0.330 e. The van der Waals surface area contributed by atoms with E-state index in [4.69, 9.17) is 4.74 Å². The first-order valence-electron chi connectivity index (χ1n) is 5.62. The molecule has 0 aliphatic carbocycles. The Morgan fingerprint density at radius 3 is 2.68 bits per heavy atom. The van der Waals surface area contributed by atoms with Crippen LogP contribution in [-0.2, 0) is 4.79 Å². The highest BCUT2D eigenvalue weighted by Gasteiger charge is 2.20. The number of aliphatic carboxylic acids is 1. The molecule has 0 spiro atoms. The minimum absolute atomic E-state index is 0.204. The number of anilines is 1. The number of rotatable bonds is 5. The average molecular weight is 259 g/mol. The number of benzene rings is 1. The minimum Gasteiger partial charge on any atom is -0.481 e. The fourth-order valence-electron chi connectivity index (χ4n) is 1.59. The predicted molar refractivity (Wildman–Crippen MR) is 69.0 cm³/mol. The number of methoxy groups -OCH3 is 1. The van der Waals surface area contributed by atoms with Crippen LogP contribution in [0.4, 0.5) is 5.95 Å². The molecule has 0 saturated heterocycles. The number of carboxylic acids is 1. The van der Waals surface area contributed by atoms with Crippen LogP contribution in [0, 0.1) is 0 Å². The van der Waals surface area contributed by atoms with Gasteiger partial charge in [-0.1, -0.05) is 30.3 Å². The molecule has 1 unspecified atom stereocenters. The van der Waals surface area contributed by atoms with E-state index in [1.54, 1.807) is 30.3 Å². The largest absolute Gasteiger partial charge is 0.481 e. The Kier molecular flexibility index (Phi) is 3.92. The molecular formula is C13H13N3O3. The van der Waals surface area contributed by atoms with Gasteiger partial charge in [-0.2, -0.15) is 4.98 Å². The predicted octanol–water partition coefficient (Wildman–Crippen LogP) is 1.72. The first kappa shape index (κ1) is 12.8. The molecule has 0 fully saturated rings. The molecule has 0 amide bonds. The molecule has 0 saturated carbocycles. The lowest BCUT2D eigenvalue weighted by Gasteiger charge is -2.14. The zero-order valence-corrected chi connectivity index (χ0v) is 10.3. The van der Waals surface area contributed by atoms with Crippen molar-refractivity contribution in [3.05, 3.63) is 48.2 Å². The van der Waals surface area contributed by atoms with E-state index in [-0.39, 0.29) is 5.95 Å². The molecule has 2 N–H and O–H groups in total. The van der Waals surface area contributed by atoms with E-state index in [0.29, 0.717) is 11.4 Å². The van der Waals surface area contributed by atoms with Crippen molar-refractivity contribution in [1.82, 2.24) is 9.97 Å². The summed E-state index contributed by atoms with van der Waals surface area (Å²) in [5.74, 6) is -0.428. The number of nitrogens with zero attached hydrogens (tertiary/aromatic N) is 2. The Labute approximate surface area is 110 Å². The quantitative estimate of drug-likeness (QED) is 0.850. The summed E-state index contributed by atoms with van der Waals surface area (Å²) in [5.41, 5.74) is 0.626. The fourth-order valence-corrected chi connectivity index (χ4v) is 1.59. The Morgan fingerprint density at radius 1 is 1.32 bits per heavy atom. The van der Waals surface area contributed by atoms with Gasteiger partial charge in [0.1, 0.15) is 0 Å². The highest BCUT2D eigenvalue weighted by molar-refractivity contribution is 5.78. The zero-order valence-electron chi connectivity index (χ0n) is 10.3. The van der Waals surface area contributed by atoms with Crippen molar-refractivity contribution in [2.45, 2.75) is 6.04 Å². The molecule has 2 aromatic rings. The van der Waals surface area contributed by atoms with E-state index in [0.717, 1.165) is 0 Å². The van der Waals surface area contributed by atoms with Crippen LogP contribution in [0.1, 0.15) is 11.6 Å². The third-order valence-electron chi connectivity index (χ3n) is 2.49. The summed E-state index contributed by atoms with van der Waals surface area (Å²) in [6, 6.07) is 9.51. The second kappa shape index (κ2) is 5.81. The van der Waals surface area contributed by atoms with Gasteiger partial charge in [-0.05, 0) is 5.56 Å². The van der Waals surface area contributed by atoms with Crippen LogP contribution < -0.4 is 10.1 Å². The molecule has 98 valence electrons. The molecule has 1 heterocycles. The monoisotopic (exact) mass is 259 g/mol. The van der Waals surface area contributed by atoms with E-state index < -0.39 is 12.0 Å². The van der Waals surface area contributed by atoms with Gasteiger partial charge < -0.3 is 15.2 Å². The normalized spacial score (nSPS) is 11.6. The molecule has 1 aromatic heterocycles. The highest BCUT2D eigenvalue weighted by atomic mass is 16.5. The van der Waals surface area contributed by atoms with Crippen molar-refractivity contribution in [3.63, 3.8) is 0 Å². The van der Waals surface area contributed by atoms with Crippen molar-refractivity contribution < 1.29 is 14.6 Å². The Morgan fingerprint density at radius 2 is 2.05 bits per heavy atom. The van der Waals surface area contributed by atoms with Crippen molar-refractivity contribution in [2.75, 3.05) is 12.4 Å². The van der Waals surface area contributed by atoms with Crippen LogP contribution in [0.15, 0.2) is 42.6 Å². The second-order valence-electron chi connectivity index (χ2n) is 3.75. The van der Waals surface area contributed by atoms with Crippen LogP contribution in [0.3, 0.4) is 0 Å². The third kappa shape index (κ3) is 3.19. The molecule has 6 nitrogen and oxygen atoms in total. The van der Waals surface area contributed by atoms with Crippen LogP contribution in [0.25, 0.3) is 0 Å². The summed E-state index contributed by atoms with van der Waals surface area (Å²) in [6.45, 7) is 0. The van der Waals surface area contributed by atoms with E-state index in [2.05, 4.69) is 15.3 Å². The first-order valence-corrected chi connectivity index (χ1v) is 5.62. The van der Waals surface area contributed by atoms with E-state index in [1.165, 1.54) is 13.3 Å². The lowest BCUT2D eigenvalue weighted by molar-refractivity contribution is -0.138. The van der Waals surface area contributed by atoms with Crippen molar-refractivity contribution in [2.24, 2.45) is 0 Å². The maximum absolute atomic E-state index is 11.3. The molecule has 0 aliphatic rings. The summed E-state index contributed by atoms with van der Waals surface area (Å²) >= 11 is 0. The number of carboxylic acid groups (broad SMARTS) is 1. The van der Waals surface area contributed by atoms with Gasteiger partial charge >= 0.3 is 5.97 Å². The topological polar surface area (TPSA) is 84.3 Å². The summed E-state index contributed by atoms with van der Waals surface area (Å²) in [7, 11) is 1.48. The Hall–Kier alpha value is -2.63. The molecule has 0 radical (unpaired) electrons. The number of nitrogens with one attached hydrogen (secondary N) is 1. The summed E-state index contributed by atoms with van der Waals surface area (Å²) in [5, 5.41) is 12.0. The first-order chi connectivity index (χ1) is 9.20. The standard InChI is InChI=1S/C13H13N3O3/c1-19-10-7-8-14-13(15-10)16-11(12(17)18)9-5-3-2-4-6-9/h2-8,11H,1H3,(H,17,18)(H,14,15,16). The van der Waals surface area contributed by atoms with E-state index >= 15 is 0 Å². The number of carbonyl (C=O) groups is 1. The minimum atomic E-state index is -1.00. The van der Waals surface area contributed by atoms with Gasteiger partial charge in [-0.25, -0.2) is 9.78 Å². The molecule has 6 heteroatoms. The van der Waals surface area contributed by atoms with Crippen molar-refractivity contribution in [3.8, 4) is 5.88 Å². The SMILES string of the molecule is COc1ccnc(NC(C(=O)O)c2ccccc2)n1. The van der Waals surface area contributed by atoms with Crippen LogP contribution >= 0.6 is 0 Å². The number of hydrogen-bond acceptors (Lipinski definition) is 5. The fraction of sp³-hybridized carbons (Fsp3) is 0.154. The lowest BCUT2D eigenvalue weighted by atomic mass is 10.1. The molecule has 19 heavy (non-hydrogen) atoms. The van der Waals surface area contributed by atoms with Gasteiger partial charge in [0.05, 0.1) is 7.11 Å². The molecular weight excluding hydrogens is 246 g/mol. The highest BCUT2D eigenvalue weighted by Crippen LogP contribution is 2.18. The lowest BCUT2D eigenvalue weighted by Crippen LogP contribution is -2.21. The van der Waals surface area contributed by atoms with E-state index in [9.17, 15) is 9.90 Å². The molecule has 0 bridgehead atoms. The summed E-state index contributed by atoms with van der Waals surface area (Å²) < 4.78 is 4.96. The van der Waals surface area contributed by atoms with Gasteiger partial charge in [0.15, 0.2) is 6.04 Å². The van der Waals surface area contributed by atoms with E-state index in [1.807, 2.05) is 6.07 Å². The van der Waals surface area contributed by atoms with Gasteiger partial charge in [-0.3, -0.25) is 0 Å². The molecule has 0 aliphatic heterocycles. The molecule has 1 atom stereocenters. The van der Waals surface area contributed by atoms with Gasteiger partial charge in [-0.15, -0.1) is 0 Å². The maximum Gasteiger partial charge on any atom is 0.330 e. The average Bonchev–Trinajstić information content (AvgIpc) is 2.45. The number of ether oxygens (including phenoxy) is 1. The Bertz CT molecular complexity index is 560. The summed E-state index contributed by atoms with van der Waals surface area (Å²) in [6.07, 6.45) is 1.50. The summed E-state index contributed by atoms with van der Waals surface area (Å²) in [4.78, 5) is 19.3. The van der Waals surface area contributed by atoms with Crippen LogP contribution in [0.2, 0.25) is 0 Å². The van der Waals surface area contributed by atoms with Gasteiger partial charge in [0.2, 0.25) is 11.8 Å². The third-order valence-corrected chi connectivity index (χ3v) is 2.49. The maximum atomic E-state index is 11.3. The van der Waals surface area contributed by atoms with Crippen LogP contribution in [0.5, 0.6) is 5.88 Å². The number of aromatic nitrogens is 2. The second-order valence-corrected chi connectivity index (χ2v) is 3.75.